The number of hydrogen-bond acceptors (Lipinski definition) is 5. The maximum atomic E-state index is 13.4. The summed E-state index contributed by atoms with van der Waals surface area (Å²) in [5.41, 5.74) is 1.73. The lowest BCUT2D eigenvalue weighted by atomic mass is 10.0. The number of nitrogens with zero attached hydrogens (tertiary/aromatic N) is 2. The number of para-hydroxylation sites is 1. The minimum absolute atomic E-state index is 0.311. The Morgan fingerprint density at radius 3 is 2.65 bits per heavy atom. The van der Waals surface area contributed by atoms with Crippen molar-refractivity contribution in [2.45, 2.75) is 10.9 Å². The summed E-state index contributed by atoms with van der Waals surface area (Å²) in [5, 5.41) is 3.30. The van der Waals surface area contributed by atoms with Crippen molar-refractivity contribution in [3.05, 3.63) is 54.1 Å². The Hall–Kier alpha value is -2.09. The van der Waals surface area contributed by atoms with E-state index in [9.17, 15) is 8.42 Å². The van der Waals surface area contributed by atoms with Crippen molar-refractivity contribution in [3.63, 3.8) is 0 Å². The minimum Gasteiger partial charge on any atom is -0.496 e. The van der Waals surface area contributed by atoms with Gasteiger partial charge < -0.3 is 15.0 Å². The summed E-state index contributed by atoms with van der Waals surface area (Å²) in [6.07, 6.45) is 0. The molecule has 1 aliphatic heterocycles. The van der Waals surface area contributed by atoms with Gasteiger partial charge in [-0.2, -0.15) is 4.31 Å². The molecule has 1 aliphatic rings. The summed E-state index contributed by atoms with van der Waals surface area (Å²) in [4.78, 5) is 2.21. The van der Waals surface area contributed by atoms with E-state index in [1.807, 2.05) is 49.3 Å². The SMILES string of the molecule is COc1ccccc1C1CNCCN1S(=O)(=O)c1cccc(N(C)C)c1. The lowest BCUT2D eigenvalue weighted by Gasteiger charge is -2.36. The van der Waals surface area contributed by atoms with Crippen molar-refractivity contribution >= 4 is 15.7 Å². The number of nitrogens with one attached hydrogen (secondary N) is 1. The molecule has 6 nitrogen and oxygen atoms in total. The Balaban J connectivity index is 2.03. The van der Waals surface area contributed by atoms with E-state index in [1.54, 1.807) is 29.6 Å². The number of rotatable bonds is 5. The van der Waals surface area contributed by atoms with Crippen molar-refractivity contribution < 1.29 is 13.2 Å². The van der Waals surface area contributed by atoms with Crippen molar-refractivity contribution in [2.24, 2.45) is 0 Å². The second-order valence-electron chi connectivity index (χ2n) is 6.47. The van der Waals surface area contributed by atoms with E-state index < -0.39 is 10.0 Å². The molecule has 2 aromatic rings. The predicted octanol–water partition coefficient (Wildman–Crippen LogP) is 2.10. The molecule has 0 aliphatic carbocycles. The molecule has 0 amide bonds. The van der Waals surface area contributed by atoms with Crippen LogP contribution in [0.3, 0.4) is 0 Å². The lowest BCUT2D eigenvalue weighted by molar-refractivity contribution is 0.264. The molecule has 0 saturated carbocycles. The van der Waals surface area contributed by atoms with Gasteiger partial charge in [-0.3, -0.25) is 0 Å². The molecule has 1 fully saturated rings. The second-order valence-corrected chi connectivity index (χ2v) is 8.36. The van der Waals surface area contributed by atoms with Crippen molar-refractivity contribution in [1.29, 1.82) is 0 Å². The van der Waals surface area contributed by atoms with Crippen LogP contribution in [0.5, 0.6) is 5.75 Å². The van der Waals surface area contributed by atoms with Crippen LogP contribution in [0.2, 0.25) is 0 Å². The van der Waals surface area contributed by atoms with Crippen LogP contribution in [0.15, 0.2) is 53.4 Å². The van der Waals surface area contributed by atoms with E-state index in [1.165, 1.54) is 0 Å². The molecule has 7 heteroatoms. The zero-order valence-electron chi connectivity index (χ0n) is 15.3. The van der Waals surface area contributed by atoms with Crippen LogP contribution in [0.4, 0.5) is 5.69 Å². The van der Waals surface area contributed by atoms with Crippen molar-refractivity contribution in [1.82, 2.24) is 9.62 Å². The van der Waals surface area contributed by atoms with Gasteiger partial charge >= 0.3 is 0 Å². The fourth-order valence-corrected chi connectivity index (χ4v) is 4.88. The third-order valence-electron chi connectivity index (χ3n) is 4.63. The van der Waals surface area contributed by atoms with Crippen LogP contribution in [0.25, 0.3) is 0 Å². The molecule has 0 bridgehead atoms. The first-order chi connectivity index (χ1) is 12.4. The Morgan fingerprint density at radius 1 is 1.15 bits per heavy atom. The first-order valence-electron chi connectivity index (χ1n) is 8.58. The number of sulfonamides is 1. The van der Waals surface area contributed by atoms with Crippen LogP contribution in [-0.4, -0.2) is 53.6 Å². The Labute approximate surface area is 155 Å². The van der Waals surface area contributed by atoms with Crippen molar-refractivity contribution in [3.8, 4) is 5.75 Å². The molecule has 140 valence electrons. The highest BCUT2D eigenvalue weighted by Gasteiger charge is 2.35. The third kappa shape index (κ3) is 3.56. The number of hydrogen-bond donors (Lipinski definition) is 1. The van der Waals surface area contributed by atoms with Gasteiger partial charge in [0.05, 0.1) is 18.0 Å². The summed E-state index contributed by atoms with van der Waals surface area (Å²) in [6.45, 7) is 1.59. The maximum absolute atomic E-state index is 13.4. The molecular formula is C19H25N3O3S. The Bertz CT molecular complexity index is 868. The highest BCUT2D eigenvalue weighted by molar-refractivity contribution is 7.89. The summed E-state index contributed by atoms with van der Waals surface area (Å²) >= 11 is 0. The fourth-order valence-electron chi connectivity index (χ4n) is 3.24. The topological polar surface area (TPSA) is 61.9 Å². The summed E-state index contributed by atoms with van der Waals surface area (Å²) in [7, 11) is 1.77. The normalized spacial score (nSPS) is 18.5. The Morgan fingerprint density at radius 2 is 1.92 bits per heavy atom. The van der Waals surface area contributed by atoms with E-state index in [2.05, 4.69) is 5.32 Å². The summed E-state index contributed by atoms with van der Waals surface area (Å²) in [5.74, 6) is 0.698. The van der Waals surface area contributed by atoms with Crippen LogP contribution >= 0.6 is 0 Å². The minimum atomic E-state index is -3.63. The fraction of sp³-hybridized carbons (Fsp3) is 0.368. The van der Waals surface area contributed by atoms with Gasteiger partial charge in [-0.05, 0) is 24.3 Å². The molecule has 1 atom stereocenters. The van der Waals surface area contributed by atoms with Crippen LogP contribution < -0.4 is 15.0 Å². The van der Waals surface area contributed by atoms with Gasteiger partial charge in [0.2, 0.25) is 10.0 Å². The van der Waals surface area contributed by atoms with E-state index in [0.717, 1.165) is 11.3 Å². The molecule has 1 heterocycles. The molecule has 1 N–H and O–H groups in total. The van der Waals surface area contributed by atoms with E-state index in [-0.39, 0.29) is 6.04 Å². The van der Waals surface area contributed by atoms with Crippen LogP contribution in [0.1, 0.15) is 11.6 Å². The predicted molar refractivity (Wildman–Crippen MR) is 103 cm³/mol. The first-order valence-corrected chi connectivity index (χ1v) is 10.0. The van der Waals surface area contributed by atoms with Crippen LogP contribution in [-0.2, 0) is 10.0 Å². The van der Waals surface area contributed by atoms with Gasteiger partial charge in [-0.15, -0.1) is 0 Å². The van der Waals surface area contributed by atoms with E-state index in [0.29, 0.717) is 30.3 Å². The van der Waals surface area contributed by atoms with E-state index in [4.69, 9.17) is 4.74 Å². The second kappa shape index (κ2) is 7.65. The number of ether oxygens (including phenoxy) is 1. The van der Waals surface area contributed by atoms with Gasteiger partial charge in [-0.1, -0.05) is 24.3 Å². The molecule has 0 aromatic heterocycles. The average Bonchev–Trinajstić information content (AvgIpc) is 2.68. The first kappa shape index (κ1) is 18.7. The van der Waals surface area contributed by atoms with E-state index >= 15 is 0 Å². The zero-order chi connectivity index (χ0) is 18.7. The van der Waals surface area contributed by atoms with Crippen molar-refractivity contribution in [2.75, 3.05) is 45.7 Å². The molecule has 26 heavy (non-hydrogen) atoms. The molecule has 0 spiro atoms. The van der Waals surface area contributed by atoms with Gasteiger partial charge in [0, 0.05) is 45.0 Å². The average molecular weight is 375 g/mol. The molecular weight excluding hydrogens is 350 g/mol. The van der Waals surface area contributed by atoms with Gasteiger partial charge in [0.25, 0.3) is 0 Å². The number of piperazine rings is 1. The number of benzene rings is 2. The van der Waals surface area contributed by atoms with Gasteiger partial charge in [0.1, 0.15) is 5.75 Å². The quantitative estimate of drug-likeness (QED) is 0.867. The van der Waals surface area contributed by atoms with Gasteiger partial charge in [0.15, 0.2) is 0 Å². The summed E-state index contributed by atoms with van der Waals surface area (Å²) < 4.78 is 33.8. The summed E-state index contributed by atoms with van der Waals surface area (Å²) in [6, 6.07) is 14.3. The molecule has 2 aromatic carbocycles. The molecule has 0 radical (unpaired) electrons. The number of anilines is 1. The highest BCUT2D eigenvalue weighted by atomic mass is 32.2. The standard InChI is InChI=1S/C19H25N3O3S/c1-21(2)15-7-6-8-16(13-15)26(23,24)22-12-11-20-14-18(22)17-9-4-5-10-19(17)25-3/h4-10,13,18,20H,11-12,14H2,1-3H3. The number of methoxy groups -OCH3 is 1. The lowest BCUT2D eigenvalue weighted by Crippen LogP contribution is -2.48. The van der Waals surface area contributed by atoms with Crippen LogP contribution in [0, 0.1) is 0 Å². The highest BCUT2D eigenvalue weighted by Crippen LogP contribution is 2.34. The third-order valence-corrected chi connectivity index (χ3v) is 6.54. The largest absolute Gasteiger partial charge is 0.496 e. The monoisotopic (exact) mass is 375 g/mol. The smallest absolute Gasteiger partial charge is 0.243 e. The zero-order valence-corrected chi connectivity index (χ0v) is 16.2. The molecule has 1 saturated heterocycles. The Kier molecular flexibility index (Phi) is 5.50. The maximum Gasteiger partial charge on any atom is 0.243 e. The molecule has 1 unspecified atom stereocenters. The van der Waals surface area contributed by atoms with Gasteiger partial charge in [-0.25, -0.2) is 8.42 Å². The molecule has 3 rings (SSSR count).